The van der Waals surface area contributed by atoms with Crippen molar-refractivity contribution < 1.29 is 4.79 Å². The van der Waals surface area contributed by atoms with Crippen molar-refractivity contribution >= 4 is 63.1 Å². The Kier molecular flexibility index (Phi) is 6.26. The van der Waals surface area contributed by atoms with E-state index in [1.54, 1.807) is 32.9 Å². The Balaban J connectivity index is 1.65. The van der Waals surface area contributed by atoms with Crippen LogP contribution in [0.5, 0.6) is 0 Å². The lowest BCUT2D eigenvalue weighted by molar-refractivity contribution is -0.117. The number of hydrogen-bond donors (Lipinski definition) is 0. The number of thiophene rings is 1. The fourth-order valence-corrected chi connectivity index (χ4v) is 5.81. The quantitative estimate of drug-likeness (QED) is 0.213. The van der Waals surface area contributed by atoms with Crippen LogP contribution in [0, 0.1) is 20.8 Å². The molecule has 1 atom stereocenters. The van der Waals surface area contributed by atoms with Crippen molar-refractivity contribution in [3.63, 3.8) is 0 Å². The zero-order chi connectivity index (χ0) is 24.0. The highest BCUT2D eigenvalue weighted by molar-refractivity contribution is 14.1. The van der Waals surface area contributed by atoms with E-state index >= 15 is 0 Å². The maximum Gasteiger partial charge on any atom is 0.238 e. The molecule has 3 aromatic heterocycles. The van der Waals surface area contributed by atoms with Gasteiger partial charge in [-0.15, -0.1) is 21.5 Å². The summed E-state index contributed by atoms with van der Waals surface area (Å²) in [6, 6.07) is 10.8. The van der Waals surface area contributed by atoms with Gasteiger partial charge in [0.25, 0.3) is 0 Å². The Bertz CT molecular complexity index is 1410. The fourth-order valence-electron chi connectivity index (χ4n) is 3.99. The molecule has 0 radical (unpaired) electrons. The Morgan fingerprint density at radius 3 is 2.65 bits per heavy atom. The van der Waals surface area contributed by atoms with Crippen molar-refractivity contribution in [3.05, 3.63) is 87.0 Å². The van der Waals surface area contributed by atoms with E-state index in [0.717, 1.165) is 33.2 Å². The van der Waals surface area contributed by atoms with Crippen LogP contribution in [-0.4, -0.2) is 31.4 Å². The third kappa shape index (κ3) is 4.05. The Hall–Kier alpha value is -2.63. The SMILES string of the molecule is Cc1sc2c(c1C)C(c1ccc(Cl)cc1)=NC(CC(=O)N(I)c1cccnc1)c1nnc(C)n1-2. The van der Waals surface area contributed by atoms with Gasteiger partial charge in [-0.25, -0.2) is 0 Å². The van der Waals surface area contributed by atoms with Gasteiger partial charge < -0.3 is 0 Å². The van der Waals surface area contributed by atoms with Gasteiger partial charge in [0.1, 0.15) is 16.9 Å². The molecular formula is C24H20ClIN6OS. The van der Waals surface area contributed by atoms with Crippen molar-refractivity contribution in [3.8, 4) is 5.00 Å². The van der Waals surface area contributed by atoms with Crippen molar-refractivity contribution in [2.45, 2.75) is 33.2 Å². The first kappa shape index (κ1) is 23.1. The number of benzene rings is 1. The molecule has 0 aliphatic carbocycles. The number of aryl methyl sites for hydroxylation is 2. The normalized spacial score (nSPS) is 14.7. The number of nitrogens with zero attached hydrogens (tertiary/aromatic N) is 6. The van der Waals surface area contributed by atoms with Crippen LogP contribution in [0.4, 0.5) is 5.69 Å². The average molecular weight is 603 g/mol. The molecule has 0 bridgehead atoms. The molecule has 1 aliphatic heterocycles. The van der Waals surface area contributed by atoms with E-state index in [2.05, 4.69) is 29.0 Å². The van der Waals surface area contributed by atoms with E-state index in [4.69, 9.17) is 16.6 Å². The van der Waals surface area contributed by atoms with Crippen LogP contribution < -0.4 is 3.11 Å². The monoisotopic (exact) mass is 602 g/mol. The first-order valence-corrected chi connectivity index (χ1v) is 12.8. The van der Waals surface area contributed by atoms with E-state index in [0.29, 0.717) is 16.5 Å². The summed E-state index contributed by atoms with van der Waals surface area (Å²) in [6.07, 6.45) is 3.48. The number of pyridine rings is 1. The zero-order valence-electron chi connectivity index (χ0n) is 18.7. The topological polar surface area (TPSA) is 76.3 Å². The minimum Gasteiger partial charge on any atom is -0.274 e. The second-order valence-corrected chi connectivity index (χ2v) is 10.6. The molecule has 0 saturated carbocycles. The highest BCUT2D eigenvalue weighted by Gasteiger charge is 2.33. The minimum absolute atomic E-state index is 0.0943. The lowest BCUT2D eigenvalue weighted by atomic mass is 9.99. The molecule has 7 nitrogen and oxygen atoms in total. The van der Waals surface area contributed by atoms with Crippen LogP contribution in [0.15, 0.2) is 53.8 Å². The highest BCUT2D eigenvalue weighted by Crippen LogP contribution is 2.40. The number of rotatable bonds is 4. The largest absolute Gasteiger partial charge is 0.274 e. The predicted octanol–water partition coefficient (Wildman–Crippen LogP) is 5.97. The van der Waals surface area contributed by atoms with Gasteiger partial charge in [-0.3, -0.25) is 22.5 Å². The van der Waals surface area contributed by atoms with Crippen molar-refractivity contribution in [2.24, 2.45) is 4.99 Å². The summed E-state index contributed by atoms with van der Waals surface area (Å²) in [6.45, 7) is 6.14. The smallest absolute Gasteiger partial charge is 0.238 e. The second kappa shape index (κ2) is 9.20. The van der Waals surface area contributed by atoms with E-state index in [9.17, 15) is 4.79 Å². The summed E-state index contributed by atoms with van der Waals surface area (Å²) in [4.78, 5) is 23.8. The molecule has 1 amide bonds. The molecule has 0 N–H and O–H groups in total. The third-order valence-electron chi connectivity index (χ3n) is 5.82. The summed E-state index contributed by atoms with van der Waals surface area (Å²) in [5.41, 5.74) is 4.69. The molecule has 172 valence electrons. The van der Waals surface area contributed by atoms with Crippen LogP contribution in [0.2, 0.25) is 5.02 Å². The number of carbonyl (C=O) groups excluding carboxylic acids is 1. The maximum absolute atomic E-state index is 13.3. The number of hydrogen-bond acceptors (Lipinski definition) is 6. The number of aromatic nitrogens is 4. The third-order valence-corrected chi connectivity index (χ3v) is 8.36. The van der Waals surface area contributed by atoms with Crippen molar-refractivity contribution in [1.82, 2.24) is 19.7 Å². The van der Waals surface area contributed by atoms with Gasteiger partial charge >= 0.3 is 0 Å². The van der Waals surface area contributed by atoms with Crippen LogP contribution in [0.25, 0.3) is 5.00 Å². The molecule has 1 unspecified atom stereocenters. The second-order valence-electron chi connectivity index (χ2n) is 7.99. The van der Waals surface area contributed by atoms with Crippen molar-refractivity contribution in [1.29, 1.82) is 0 Å². The van der Waals surface area contributed by atoms with Crippen molar-refractivity contribution in [2.75, 3.05) is 3.11 Å². The summed E-state index contributed by atoms with van der Waals surface area (Å²) in [5, 5.41) is 10.5. The van der Waals surface area contributed by atoms with Gasteiger partial charge in [-0.1, -0.05) is 23.7 Å². The van der Waals surface area contributed by atoms with Crippen LogP contribution >= 0.6 is 45.8 Å². The summed E-state index contributed by atoms with van der Waals surface area (Å²) in [7, 11) is 0. The summed E-state index contributed by atoms with van der Waals surface area (Å²) in [5.74, 6) is 1.33. The molecule has 5 rings (SSSR count). The molecule has 0 fully saturated rings. The number of aliphatic imine (C=N–C) groups is 1. The number of anilines is 1. The lowest BCUT2D eigenvalue weighted by Crippen LogP contribution is -2.23. The maximum atomic E-state index is 13.3. The molecule has 0 saturated heterocycles. The van der Waals surface area contributed by atoms with E-state index < -0.39 is 6.04 Å². The van der Waals surface area contributed by atoms with E-state index in [-0.39, 0.29) is 12.3 Å². The number of amides is 1. The minimum atomic E-state index is -0.507. The molecular weight excluding hydrogens is 583 g/mol. The number of fused-ring (bicyclic) bond motifs is 3. The van der Waals surface area contributed by atoms with Crippen LogP contribution in [0.3, 0.4) is 0 Å². The van der Waals surface area contributed by atoms with Gasteiger partial charge in [0.05, 0.1) is 46.9 Å². The molecule has 4 heterocycles. The van der Waals surface area contributed by atoms with Gasteiger partial charge in [-0.2, -0.15) is 0 Å². The van der Waals surface area contributed by atoms with E-state index in [1.807, 2.05) is 64.7 Å². The Morgan fingerprint density at radius 1 is 1.18 bits per heavy atom. The first-order chi connectivity index (χ1) is 16.3. The summed E-state index contributed by atoms with van der Waals surface area (Å²) < 4.78 is 3.62. The predicted molar refractivity (Wildman–Crippen MR) is 144 cm³/mol. The zero-order valence-corrected chi connectivity index (χ0v) is 22.4. The Labute approximate surface area is 220 Å². The van der Waals surface area contributed by atoms with E-state index in [1.165, 1.54) is 4.88 Å². The highest BCUT2D eigenvalue weighted by atomic mass is 127. The Morgan fingerprint density at radius 2 is 1.94 bits per heavy atom. The fraction of sp³-hybridized carbons (Fsp3) is 0.208. The van der Waals surface area contributed by atoms with Gasteiger partial charge in [0, 0.05) is 27.2 Å². The molecule has 1 aromatic carbocycles. The number of halogens is 2. The lowest BCUT2D eigenvalue weighted by Gasteiger charge is -2.17. The molecule has 10 heteroatoms. The molecule has 4 aromatic rings. The molecule has 0 spiro atoms. The van der Waals surface area contributed by atoms with Gasteiger partial charge in [0.2, 0.25) is 5.91 Å². The standard InChI is InChI=1S/C24H20ClIN6OS/c1-13-14(2)34-24-21(13)22(16-6-8-17(25)9-7-16)28-19(23-30-29-15(3)31(23)24)11-20(33)32(26)18-5-4-10-27-12-18/h4-10,12,19H,11H2,1-3H3. The van der Waals surface area contributed by atoms with Gasteiger partial charge in [-0.05, 0) is 50.6 Å². The van der Waals surface area contributed by atoms with Gasteiger partial charge in [0.15, 0.2) is 5.82 Å². The van der Waals surface area contributed by atoms with Crippen LogP contribution in [0.1, 0.15) is 45.7 Å². The van der Waals surface area contributed by atoms with Crippen LogP contribution in [-0.2, 0) is 4.79 Å². The molecule has 1 aliphatic rings. The summed E-state index contributed by atoms with van der Waals surface area (Å²) >= 11 is 9.87. The number of carbonyl (C=O) groups is 1. The molecule has 34 heavy (non-hydrogen) atoms. The average Bonchev–Trinajstić information content (AvgIpc) is 3.31. The first-order valence-electron chi connectivity index (χ1n) is 10.6.